The molecule has 18 heavy (non-hydrogen) atoms. The minimum atomic E-state index is -0.938. The summed E-state index contributed by atoms with van der Waals surface area (Å²) in [5.41, 5.74) is 0.199. The zero-order valence-corrected chi connectivity index (χ0v) is 11.9. The number of carboxylic acid groups (broad SMARTS) is 1. The Morgan fingerprint density at radius 1 is 1.39 bits per heavy atom. The predicted molar refractivity (Wildman–Crippen MR) is 70.2 cm³/mol. The second kappa shape index (κ2) is 5.72. The van der Waals surface area contributed by atoms with Crippen LogP contribution in [0.2, 0.25) is 0 Å². The average molecular weight is 255 g/mol. The van der Waals surface area contributed by atoms with Gasteiger partial charge in [0.05, 0.1) is 0 Å². The summed E-state index contributed by atoms with van der Waals surface area (Å²) in [6.07, 6.45) is 3.97. The van der Waals surface area contributed by atoms with E-state index >= 15 is 0 Å². The van der Waals surface area contributed by atoms with Crippen LogP contribution < -0.4 is 0 Å². The molecule has 1 aliphatic carbocycles. The Labute approximate surface area is 109 Å². The first-order chi connectivity index (χ1) is 8.23. The minimum Gasteiger partial charge on any atom is -0.480 e. The second-order valence-electron chi connectivity index (χ2n) is 6.41. The summed E-state index contributed by atoms with van der Waals surface area (Å²) in [5.74, 6) is -0.928. The van der Waals surface area contributed by atoms with E-state index in [0.717, 1.165) is 25.7 Å². The monoisotopic (exact) mass is 255 g/mol. The van der Waals surface area contributed by atoms with Crippen molar-refractivity contribution >= 4 is 11.9 Å². The number of rotatable bonds is 4. The molecule has 0 bridgehead atoms. The number of carboxylic acids is 1. The van der Waals surface area contributed by atoms with Crippen molar-refractivity contribution in [3.8, 4) is 0 Å². The molecule has 0 heterocycles. The lowest BCUT2D eigenvalue weighted by Crippen LogP contribution is -2.45. The molecule has 0 spiro atoms. The molecule has 4 nitrogen and oxygen atoms in total. The molecule has 1 atom stereocenters. The summed E-state index contributed by atoms with van der Waals surface area (Å²) in [4.78, 5) is 24.8. The van der Waals surface area contributed by atoms with E-state index < -0.39 is 5.97 Å². The van der Waals surface area contributed by atoms with E-state index in [9.17, 15) is 9.59 Å². The van der Waals surface area contributed by atoms with Gasteiger partial charge in [-0.15, -0.1) is 0 Å². The lowest BCUT2D eigenvalue weighted by Gasteiger charge is -2.37. The summed E-state index contributed by atoms with van der Waals surface area (Å²) in [6, 6.07) is -0.0568. The number of nitrogens with zero attached hydrogens (tertiary/aromatic N) is 1. The number of carbonyl (C=O) groups is 2. The summed E-state index contributed by atoms with van der Waals surface area (Å²) in [6.45, 7) is 7.92. The Bertz CT molecular complexity index is 323. The van der Waals surface area contributed by atoms with E-state index in [1.807, 2.05) is 13.8 Å². The number of carbonyl (C=O) groups excluding carboxylic acids is 1. The highest BCUT2D eigenvalue weighted by Gasteiger charge is 2.35. The van der Waals surface area contributed by atoms with Crippen molar-refractivity contribution < 1.29 is 14.7 Å². The van der Waals surface area contributed by atoms with Gasteiger partial charge in [0.15, 0.2) is 0 Å². The van der Waals surface area contributed by atoms with Gasteiger partial charge in [-0.1, -0.05) is 20.3 Å². The summed E-state index contributed by atoms with van der Waals surface area (Å²) in [7, 11) is 0. The maximum Gasteiger partial charge on any atom is 0.323 e. The van der Waals surface area contributed by atoms with Gasteiger partial charge < -0.3 is 10.0 Å². The largest absolute Gasteiger partial charge is 0.480 e. The van der Waals surface area contributed by atoms with Crippen molar-refractivity contribution in [3.63, 3.8) is 0 Å². The van der Waals surface area contributed by atoms with E-state index in [2.05, 4.69) is 13.8 Å². The molecule has 4 heteroatoms. The third-order valence-corrected chi connectivity index (χ3v) is 3.77. The van der Waals surface area contributed by atoms with E-state index in [1.54, 1.807) is 0 Å². The van der Waals surface area contributed by atoms with Gasteiger partial charge in [-0.3, -0.25) is 9.59 Å². The molecule has 1 rings (SSSR count). The highest BCUT2D eigenvalue weighted by molar-refractivity contribution is 5.83. The fourth-order valence-corrected chi connectivity index (χ4v) is 2.80. The highest BCUT2D eigenvalue weighted by Crippen LogP contribution is 2.39. The Morgan fingerprint density at radius 3 is 2.44 bits per heavy atom. The summed E-state index contributed by atoms with van der Waals surface area (Å²) in [5, 5.41) is 8.89. The average Bonchev–Trinajstić information content (AvgIpc) is 2.23. The van der Waals surface area contributed by atoms with Crippen LogP contribution in [0.3, 0.4) is 0 Å². The highest BCUT2D eigenvalue weighted by atomic mass is 16.4. The van der Waals surface area contributed by atoms with Gasteiger partial charge in [0.1, 0.15) is 6.54 Å². The quantitative estimate of drug-likeness (QED) is 0.839. The minimum absolute atomic E-state index is 0.00417. The topological polar surface area (TPSA) is 57.6 Å². The number of hydrogen-bond acceptors (Lipinski definition) is 2. The fourth-order valence-electron chi connectivity index (χ4n) is 2.80. The molecule has 1 fully saturated rings. The van der Waals surface area contributed by atoms with Gasteiger partial charge in [0, 0.05) is 12.0 Å². The van der Waals surface area contributed by atoms with E-state index in [4.69, 9.17) is 5.11 Å². The smallest absolute Gasteiger partial charge is 0.323 e. The maximum absolute atomic E-state index is 12.4. The molecule has 0 aromatic heterocycles. The molecular weight excluding hydrogens is 230 g/mol. The Balaban J connectivity index is 2.73. The molecule has 0 aromatic rings. The van der Waals surface area contributed by atoms with Crippen molar-refractivity contribution in [3.05, 3.63) is 0 Å². The lowest BCUT2D eigenvalue weighted by molar-refractivity contribution is -0.149. The fraction of sp³-hybridized carbons (Fsp3) is 0.857. The van der Waals surface area contributed by atoms with Crippen LogP contribution in [0.25, 0.3) is 0 Å². The third-order valence-electron chi connectivity index (χ3n) is 3.77. The molecule has 1 N–H and O–H groups in total. The number of hydrogen-bond donors (Lipinski definition) is 1. The lowest BCUT2D eigenvalue weighted by atomic mass is 9.72. The van der Waals surface area contributed by atoms with Gasteiger partial charge >= 0.3 is 5.97 Å². The van der Waals surface area contributed by atoms with E-state index in [-0.39, 0.29) is 29.8 Å². The first-order valence-corrected chi connectivity index (χ1v) is 6.75. The molecule has 0 saturated heterocycles. The van der Waals surface area contributed by atoms with Crippen molar-refractivity contribution in [2.24, 2.45) is 11.3 Å². The standard InChI is InChI=1S/C14H25NO3/c1-10(2)15(9-12(16)17)13(18)11-6-5-7-14(3,4)8-11/h10-11H,5-9H2,1-4H3,(H,16,17). The van der Waals surface area contributed by atoms with Crippen LogP contribution >= 0.6 is 0 Å². The van der Waals surface area contributed by atoms with Crippen molar-refractivity contribution in [2.75, 3.05) is 6.54 Å². The Kier molecular flexibility index (Phi) is 4.77. The van der Waals surface area contributed by atoms with Crippen molar-refractivity contribution in [1.29, 1.82) is 0 Å². The van der Waals surface area contributed by atoms with Crippen LogP contribution in [0.1, 0.15) is 53.4 Å². The van der Waals surface area contributed by atoms with Gasteiger partial charge in [-0.05, 0) is 38.5 Å². The SMILES string of the molecule is CC(C)N(CC(=O)O)C(=O)C1CCCC(C)(C)C1. The van der Waals surface area contributed by atoms with Gasteiger partial charge in [-0.2, -0.15) is 0 Å². The van der Waals surface area contributed by atoms with Crippen molar-refractivity contribution in [1.82, 2.24) is 4.90 Å². The van der Waals surface area contributed by atoms with Gasteiger partial charge in [0.25, 0.3) is 0 Å². The third kappa shape index (κ3) is 4.00. The zero-order valence-electron chi connectivity index (χ0n) is 11.9. The van der Waals surface area contributed by atoms with Crippen molar-refractivity contribution in [2.45, 2.75) is 59.4 Å². The van der Waals surface area contributed by atoms with Crippen LogP contribution in [0.4, 0.5) is 0 Å². The zero-order chi connectivity index (χ0) is 13.9. The number of aliphatic carboxylic acids is 1. The molecule has 1 aliphatic rings. The van der Waals surface area contributed by atoms with Crippen LogP contribution in [-0.2, 0) is 9.59 Å². The summed E-state index contributed by atoms with van der Waals surface area (Å²) >= 11 is 0. The first-order valence-electron chi connectivity index (χ1n) is 6.75. The molecule has 104 valence electrons. The summed E-state index contributed by atoms with van der Waals surface area (Å²) < 4.78 is 0. The molecule has 0 aliphatic heterocycles. The van der Waals surface area contributed by atoms with Crippen LogP contribution in [0, 0.1) is 11.3 Å². The molecule has 1 unspecified atom stereocenters. The maximum atomic E-state index is 12.4. The molecule has 1 amide bonds. The Hall–Kier alpha value is -1.06. The number of amides is 1. The normalized spacial score (nSPS) is 22.8. The predicted octanol–water partition coefficient (Wildman–Crippen LogP) is 2.52. The first kappa shape index (κ1) is 15.0. The second-order valence-corrected chi connectivity index (χ2v) is 6.41. The van der Waals surface area contributed by atoms with E-state index in [1.165, 1.54) is 4.90 Å². The van der Waals surface area contributed by atoms with Gasteiger partial charge in [0.2, 0.25) is 5.91 Å². The van der Waals surface area contributed by atoms with Gasteiger partial charge in [-0.25, -0.2) is 0 Å². The molecule has 0 radical (unpaired) electrons. The molecule has 1 saturated carbocycles. The Morgan fingerprint density at radius 2 is 2.00 bits per heavy atom. The van der Waals surface area contributed by atoms with Crippen LogP contribution in [-0.4, -0.2) is 34.5 Å². The molecule has 0 aromatic carbocycles. The van der Waals surface area contributed by atoms with Crippen LogP contribution in [0.5, 0.6) is 0 Å². The van der Waals surface area contributed by atoms with E-state index in [0.29, 0.717) is 0 Å². The van der Waals surface area contributed by atoms with Crippen LogP contribution in [0.15, 0.2) is 0 Å². The molecular formula is C14H25NO3.